The third-order valence-electron chi connectivity index (χ3n) is 3.63. The van der Waals surface area contributed by atoms with E-state index in [1.165, 1.54) is 12.8 Å². The maximum absolute atomic E-state index is 6.16. The number of hydrogen-bond donors (Lipinski definition) is 1. The van der Waals surface area contributed by atoms with Crippen LogP contribution in [0.2, 0.25) is 5.02 Å². The summed E-state index contributed by atoms with van der Waals surface area (Å²) in [5.74, 6) is 1.60. The lowest BCUT2D eigenvalue weighted by atomic mass is 9.71. The van der Waals surface area contributed by atoms with E-state index in [1.54, 1.807) is 0 Å². The smallest absolute Gasteiger partial charge is 0.0638 e. The summed E-state index contributed by atoms with van der Waals surface area (Å²) in [6.07, 6.45) is 7.17. The number of rotatable bonds is 2. The first-order valence-corrected chi connectivity index (χ1v) is 6.79. The van der Waals surface area contributed by atoms with Gasteiger partial charge in [-0.05, 0) is 37.0 Å². The molecule has 1 fully saturated rings. The molecule has 1 aromatic carbocycles. The summed E-state index contributed by atoms with van der Waals surface area (Å²) in [6.45, 7) is 0. The Morgan fingerprint density at radius 2 is 2.25 bits per heavy atom. The Morgan fingerprint density at radius 1 is 1.38 bits per heavy atom. The number of benzene rings is 1. The van der Waals surface area contributed by atoms with Crippen LogP contribution in [0.4, 0.5) is 5.69 Å². The molecule has 0 bridgehead atoms. The molecule has 2 aliphatic rings. The third kappa shape index (κ3) is 1.78. The van der Waals surface area contributed by atoms with E-state index >= 15 is 0 Å². The van der Waals surface area contributed by atoms with Crippen molar-refractivity contribution in [1.29, 1.82) is 0 Å². The SMILES string of the molecule is Clc1ccc(Br)cc1NC1CC2CC=CC21. The van der Waals surface area contributed by atoms with Gasteiger partial charge in [-0.1, -0.05) is 39.7 Å². The van der Waals surface area contributed by atoms with Gasteiger partial charge in [-0.3, -0.25) is 0 Å². The molecule has 0 radical (unpaired) electrons. The Labute approximate surface area is 109 Å². The van der Waals surface area contributed by atoms with Gasteiger partial charge in [0.2, 0.25) is 0 Å². The molecule has 1 aromatic rings. The van der Waals surface area contributed by atoms with Crippen LogP contribution in [-0.4, -0.2) is 6.04 Å². The van der Waals surface area contributed by atoms with E-state index in [1.807, 2.05) is 18.2 Å². The first-order chi connectivity index (χ1) is 7.74. The van der Waals surface area contributed by atoms with Gasteiger partial charge in [-0.2, -0.15) is 0 Å². The molecule has 3 atom stereocenters. The van der Waals surface area contributed by atoms with Crippen LogP contribution < -0.4 is 5.32 Å². The molecular formula is C13H13BrClN. The lowest BCUT2D eigenvalue weighted by Crippen LogP contribution is -2.43. The second kappa shape index (κ2) is 4.08. The highest BCUT2D eigenvalue weighted by molar-refractivity contribution is 9.10. The topological polar surface area (TPSA) is 12.0 Å². The summed E-state index contributed by atoms with van der Waals surface area (Å²) in [7, 11) is 0. The molecular weight excluding hydrogens is 286 g/mol. The van der Waals surface area contributed by atoms with Crippen LogP contribution in [-0.2, 0) is 0 Å². The van der Waals surface area contributed by atoms with E-state index in [-0.39, 0.29) is 0 Å². The standard InChI is InChI=1S/C13H13BrClN/c14-9-4-5-11(15)13(7-9)16-12-6-8-2-1-3-10(8)12/h1,3-5,7-8,10,12,16H,2,6H2. The van der Waals surface area contributed by atoms with Crippen molar-refractivity contribution in [2.75, 3.05) is 5.32 Å². The van der Waals surface area contributed by atoms with Crippen LogP contribution in [0.3, 0.4) is 0 Å². The fourth-order valence-corrected chi connectivity index (χ4v) is 3.22. The summed E-state index contributed by atoms with van der Waals surface area (Å²) < 4.78 is 1.07. The molecule has 0 amide bonds. The normalized spacial score (nSPS) is 31.0. The lowest BCUT2D eigenvalue weighted by Gasteiger charge is -2.41. The number of allylic oxidation sites excluding steroid dienone is 1. The molecule has 0 saturated heterocycles. The Balaban J connectivity index is 1.75. The second-order valence-corrected chi connectivity index (χ2v) is 5.93. The molecule has 3 heteroatoms. The van der Waals surface area contributed by atoms with E-state index in [0.29, 0.717) is 6.04 Å². The van der Waals surface area contributed by atoms with E-state index in [9.17, 15) is 0 Å². The van der Waals surface area contributed by atoms with Crippen molar-refractivity contribution in [2.45, 2.75) is 18.9 Å². The van der Waals surface area contributed by atoms with E-state index in [4.69, 9.17) is 11.6 Å². The van der Waals surface area contributed by atoms with Crippen LogP contribution in [0, 0.1) is 11.8 Å². The maximum Gasteiger partial charge on any atom is 0.0638 e. The molecule has 0 heterocycles. The van der Waals surface area contributed by atoms with Gasteiger partial charge < -0.3 is 5.32 Å². The molecule has 0 aliphatic heterocycles. The van der Waals surface area contributed by atoms with Crippen molar-refractivity contribution in [3.05, 3.63) is 39.8 Å². The molecule has 3 rings (SSSR count). The fourth-order valence-electron chi connectivity index (χ4n) is 2.69. The predicted octanol–water partition coefficient (Wildman–Crippen LogP) is 4.48. The second-order valence-electron chi connectivity index (χ2n) is 4.61. The minimum atomic E-state index is 0.565. The first-order valence-electron chi connectivity index (χ1n) is 5.62. The molecule has 1 saturated carbocycles. The molecule has 1 nitrogen and oxygen atoms in total. The van der Waals surface area contributed by atoms with E-state index < -0.39 is 0 Å². The van der Waals surface area contributed by atoms with Crippen LogP contribution in [0.15, 0.2) is 34.8 Å². The van der Waals surface area contributed by atoms with E-state index in [2.05, 4.69) is 33.4 Å². The number of halogens is 2. The van der Waals surface area contributed by atoms with Crippen molar-refractivity contribution < 1.29 is 0 Å². The highest BCUT2D eigenvalue weighted by atomic mass is 79.9. The monoisotopic (exact) mass is 297 g/mol. The minimum absolute atomic E-state index is 0.565. The van der Waals surface area contributed by atoms with Crippen LogP contribution >= 0.6 is 27.5 Å². The molecule has 1 N–H and O–H groups in total. The van der Waals surface area contributed by atoms with Gasteiger partial charge in [0.15, 0.2) is 0 Å². The van der Waals surface area contributed by atoms with Gasteiger partial charge in [0.05, 0.1) is 10.7 Å². The Kier molecular flexibility index (Phi) is 2.72. The highest BCUT2D eigenvalue weighted by Gasteiger charge is 2.41. The summed E-state index contributed by atoms with van der Waals surface area (Å²) >= 11 is 9.63. The average molecular weight is 299 g/mol. The van der Waals surface area contributed by atoms with Crippen LogP contribution in [0.5, 0.6) is 0 Å². The lowest BCUT2D eigenvalue weighted by molar-refractivity contribution is 0.218. The van der Waals surface area contributed by atoms with Gasteiger partial charge in [-0.25, -0.2) is 0 Å². The molecule has 84 valence electrons. The Hall–Kier alpha value is -0.470. The van der Waals surface area contributed by atoms with Crippen LogP contribution in [0.1, 0.15) is 12.8 Å². The predicted molar refractivity (Wildman–Crippen MR) is 71.9 cm³/mol. The molecule has 0 aromatic heterocycles. The summed E-state index contributed by atoms with van der Waals surface area (Å²) in [6, 6.07) is 6.51. The number of hydrogen-bond acceptors (Lipinski definition) is 1. The summed E-state index contributed by atoms with van der Waals surface area (Å²) in [5, 5.41) is 4.35. The average Bonchev–Trinajstić information content (AvgIpc) is 2.61. The summed E-state index contributed by atoms with van der Waals surface area (Å²) in [4.78, 5) is 0. The molecule has 3 unspecified atom stereocenters. The Bertz CT molecular complexity index is 444. The van der Waals surface area contributed by atoms with Crippen molar-refractivity contribution >= 4 is 33.2 Å². The number of anilines is 1. The van der Waals surface area contributed by atoms with Gasteiger partial charge >= 0.3 is 0 Å². The zero-order valence-corrected chi connectivity index (χ0v) is 11.1. The summed E-state index contributed by atoms with van der Waals surface area (Å²) in [5.41, 5.74) is 1.04. The zero-order chi connectivity index (χ0) is 11.1. The highest BCUT2D eigenvalue weighted by Crippen LogP contribution is 2.44. The quantitative estimate of drug-likeness (QED) is 0.794. The van der Waals surface area contributed by atoms with Gasteiger partial charge in [0, 0.05) is 16.4 Å². The number of nitrogens with one attached hydrogen (secondary N) is 1. The molecule has 2 aliphatic carbocycles. The maximum atomic E-state index is 6.16. The van der Waals surface area contributed by atoms with Crippen molar-refractivity contribution in [3.63, 3.8) is 0 Å². The van der Waals surface area contributed by atoms with Crippen molar-refractivity contribution in [3.8, 4) is 0 Å². The zero-order valence-electron chi connectivity index (χ0n) is 8.79. The van der Waals surface area contributed by atoms with Crippen molar-refractivity contribution in [2.24, 2.45) is 11.8 Å². The van der Waals surface area contributed by atoms with Crippen molar-refractivity contribution in [1.82, 2.24) is 0 Å². The molecule has 0 spiro atoms. The first kappa shape index (κ1) is 10.7. The molecule has 16 heavy (non-hydrogen) atoms. The fraction of sp³-hybridized carbons (Fsp3) is 0.385. The number of fused-ring (bicyclic) bond motifs is 1. The van der Waals surface area contributed by atoms with Gasteiger partial charge in [0.1, 0.15) is 0 Å². The van der Waals surface area contributed by atoms with E-state index in [0.717, 1.165) is 27.0 Å². The largest absolute Gasteiger partial charge is 0.380 e. The third-order valence-corrected chi connectivity index (χ3v) is 4.45. The van der Waals surface area contributed by atoms with Crippen LogP contribution in [0.25, 0.3) is 0 Å². The van der Waals surface area contributed by atoms with Gasteiger partial charge in [0.25, 0.3) is 0 Å². The minimum Gasteiger partial charge on any atom is -0.380 e. The van der Waals surface area contributed by atoms with Gasteiger partial charge in [-0.15, -0.1) is 0 Å². The Morgan fingerprint density at radius 3 is 3.06 bits per heavy atom.